The van der Waals surface area contributed by atoms with Gasteiger partial charge in [0.2, 0.25) is 0 Å². The molecule has 1 fully saturated rings. The second-order valence-corrected chi connectivity index (χ2v) is 6.64. The Kier molecular flexibility index (Phi) is 6.28. The van der Waals surface area contributed by atoms with E-state index in [0.717, 1.165) is 19.0 Å². The molecule has 2 rings (SSSR count). The van der Waals surface area contributed by atoms with Crippen LogP contribution >= 0.6 is 0 Å². The minimum absolute atomic E-state index is 0.273. The van der Waals surface area contributed by atoms with Gasteiger partial charge in [0.05, 0.1) is 11.8 Å². The zero-order chi connectivity index (χ0) is 16.8. The monoisotopic (exact) mass is 318 g/mol. The van der Waals surface area contributed by atoms with Crippen LogP contribution in [0.5, 0.6) is 0 Å². The first-order chi connectivity index (χ1) is 11.0. The predicted octanol–water partition coefficient (Wildman–Crippen LogP) is 2.98. The molecule has 1 unspecified atom stereocenters. The fourth-order valence-corrected chi connectivity index (χ4v) is 2.68. The second-order valence-electron chi connectivity index (χ2n) is 6.64. The van der Waals surface area contributed by atoms with Crippen LogP contribution in [0.3, 0.4) is 0 Å². The molecule has 1 atom stereocenters. The first kappa shape index (κ1) is 17.6. The molecule has 1 N–H and O–H groups in total. The number of hydrogen-bond donors (Lipinski definition) is 1. The van der Waals surface area contributed by atoms with Crippen molar-refractivity contribution in [3.05, 3.63) is 24.3 Å². The molecule has 5 nitrogen and oxygen atoms in total. The SMILES string of the molecule is CC(O)CCN(C)C(=O)[N]c1ccc(N2CCC(C)CC2)cc1. The van der Waals surface area contributed by atoms with Crippen LogP contribution in [0.4, 0.5) is 16.2 Å². The first-order valence-corrected chi connectivity index (χ1v) is 8.45. The maximum absolute atomic E-state index is 12.0. The molecule has 0 aliphatic carbocycles. The van der Waals surface area contributed by atoms with Crippen molar-refractivity contribution in [2.75, 3.05) is 31.6 Å². The Morgan fingerprint density at radius 2 is 1.96 bits per heavy atom. The van der Waals surface area contributed by atoms with Gasteiger partial charge in [-0.1, -0.05) is 6.92 Å². The summed E-state index contributed by atoms with van der Waals surface area (Å²) in [5, 5.41) is 13.4. The average molecular weight is 318 g/mol. The van der Waals surface area contributed by atoms with E-state index < -0.39 is 6.10 Å². The standard InChI is InChI=1S/C18H28N3O2/c1-14-8-12-21(13-9-14)17-6-4-16(5-7-17)19-18(23)20(3)11-10-15(2)22/h4-7,14-15,22H,8-13H2,1-3H3. The van der Waals surface area contributed by atoms with Crippen LogP contribution in [0.2, 0.25) is 0 Å². The fourth-order valence-electron chi connectivity index (χ4n) is 2.68. The van der Waals surface area contributed by atoms with E-state index >= 15 is 0 Å². The van der Waals surface area contributed by atoms with E-state index in [1.165, 1.54) is 23.4 Å². The third-order valence-corrected chi connectivity index (χ3v) is 4.43. The molecule has 5 heteroatoms. The van der Waals surface area contributed by atoms with Gasteiger partial charge in [-0.2, -0.15) is 5.32 Å². The van der Waals surface area contributed by atoms with E-state index in [1.807, 2.05) is 24.3 Å². The molecule has 0 bridgehead atoms. The van der Waals surface area contributed by atoms with Gasteiger partial charge in [-0.05, 0) is 56.4 Å². The van der Waals surface area contributed by atoms with Gasteiger partial charge in [-0.3, -0.25) is 0 Å². The second kappa shape index (κ2) is 8.20. The number of nitrogens with zero attached hydrogens (tertiary/aromatic N) is 3. The van der Waals surface area contributed by atoms with Crippen LogP contribution < -0.4 is 10.2 Å². The van der Waals surface area contributed by atoms with Crippen molar-refractivity contribution < 1.29 is 9.90 Å². The highest BCUT2D eigenvalue weighted by Gasteiger charge is 2.16. The molecule has 0 saturated carbocycles. The Morgan fingerprint density at radius 3 is 2.52 bits per heavy atom. The molecule has 1 aromatic rings. The summed E-state index contributed by atoms with van der Waals surface area (Å²) in [7, 11) is 1.71. The average Bonchev–Trinajstić information content (AvgIpc) is 2.54. The molecule has 1 heterocycles. The summed E-state index contributed by atoms with van der Waals surface area (Å²) >= 11 is 0. The summed E-state index contributed by atoms with van der Waals surface area (Å²) in [5.41, 5.74) is 1.87. The summed E-state index contributed by atoms with van der Waals surface area (Å²) < 4.78 is 0. The normalized spacial score (nSPS) is 17.0. The van der Waals surface area contributed by atoms with E-state index in [9.17, 15) is 9.90 Å². The van der Waals surface area contributed by atoms with E-state index in [2.05, 4.69) is 17.1 Å². The Labute approximate surface area is 139 Å². The molecule has 1 aromatic carbocycles. The lowest BCUT2D eigenvalue weighted by molar-refractivity contribution is 0.164. The molecule has 0 aromatic heterocycles. The van der Waals surface area contributed by atoms with Gasteiger partial charge >= 0.3 is 6.03 Å². The Balaban J connectivity index is 1.86. The molecule has 23 heavy (non-hydrogen) atoms. The minimum atomic E-state index is -0.406. The number of piperidine rings is 1. The summed E-state index contributed by atoms with van der Waals surface area (Å²) in [5.74, 6) is 0.815. The molecule has 0 spiro atoms. The summed E-state index contributed by atoms with van der Waals surface area (Å²) in [4.78, 5) is 15.9. The third-order valence-electron chi connectivity index (χ3n) is 4.43. The van der Waals surface area contributed by atoms with Gasteiger partial charge in [-0.25, -0.2) is 4.79 Å². The maximum atomic E-state index is 12.0. The molecular weight excluding hydrogens is 290 g/mol. The quantitative estimate of drug-likeness (QED) is 0.908. The van der Waals surface area contributed by atoms with Crippen molar-refractivity contribution >= 4 is 17.4 Å². The van der Waals surface area contributed by atoms with E-state index in [0.29, 0.717) is 18.7 Å². The zero-order valence-electron chi connectivity index (χ0n) is 14.4. The Hall–Kier alpha value is -1.75. The van der Waals surface area contributed by atoms with Gasteiger partial charge in [0.15, 0.2) is 0 Å². The Bertz CT molecular complexity index is 493. The molecule has 2 amide bonds. The highest BCUT2D eigenvalue weighted by atomic mass is 16.3. The molecule has 1 radical (unpaired) electrons. The summed E-state index contributed by atoms with van der Waals surface area (Å²) in [6.07, 6.45) is 2.62. The van der Waals surface area contributed by atoms with E-state index in [1.54, 1.807) is 14.0 Å². The molecule has 1 saturated heterocycles. The van der Waals surface area contributed by atoms with Crippen LogP contribution in [-0.2, 0) is 0 Å². The van der Waals surface area contributed by atoms with Crippen LogP contribution in [0.1, 0.15) is 33.1 Å². The van der Waals surface area contributed by atoms with Gasteiger partial charge in [0.25, 0.3) is 0 Å². The van der Waals surface area contributed by atoms with Crippen LogP contribution in [0, 0.1) is 5.92 Å². The van der Waals surface area contributed by atoms with Crippen molar-refractivity contribution in [1.29, 1.82) is 0 Å². The first-order valence-electron chi connectivity index (χ1n) is 8.45. The highest BCUT2D eigenvalue weighted by Crippen LogP contribution is 2.24. The smallest absolute Gasteiger partial charge is 0.343 e. The third kappa shape index (κ3) is 5.43. The van der Waals surface area contributed by atoms with Crippen molar-refractivity contribution in [3.8, 4) is 0 Å². The zero-order valence-corrected chi connectivity index (χ0v) is 14.4. The molecule has 1 aliphatic rings. The molecular formula is C18H28N3O2. The number of aliphatic hydroxyl groups is 1. The van der Waals surface area contributed by atoms with E-state index in [4.69, 9.17) is 0 Å². The number of benzene rings is 1. The lowest BCUT2D eigenvalue weighted by atomic mass is 9.99. The summed E-state index contributed by atoms with van der Waals surface area (Å²) in [6, 6.07) is 7.60. The number of aliphatic hydroxyl groups excluding tert-OH is 1. The number of urea groups is 1. The van der Waals surface area contributed by atoms with Crippen molar-refractivity contribution in [2.24, 2.45) is 5.92 Å². The number of carbonyl (C=O) groups is 1. The van der Waals surface area contributed by atoms with Crippen LogP contribution in [-0.4, -0.2) is 48.8 Å². The minimum Gasteiger partial charge on any atom is -0.393 e. The number of amides is 2. The molecule has 127 valence electrons. The topological polar surface area (TPSA) is 57.9 Å². The van der Waals surface area contributed by atoms with Gasteiger partial charge in [0, 0.05) is 32.4 Å². The Morgan fingerprint density at radius 1 is 1.35 bits per heavy atom. The lowest BCUT2D eigenvalue weighted by Crippen LogP contribution is -2.33. The van der Waals surface area contributed by atoms with Crippen molar-refractivity contribution in [2.45, 2.75) is 39.2 Å². The lowest BCUT2D eigenvalue weighted by Gasteiger charge is -2.32. The number of carbonyl (C=O) groups excluding carboxylic acids is 1. The fraction of sp³-hybridized carbons (Fsp3) is 0.611. The van der Waals surface area contributed by atoms with Crippen molar-refractivity contribution in [3.63, 3.8) is 0 Å². The van der Waals surface area contributed by atoms with E-state index in [-0.39, 0.29) is 6.03 Å². The number of rotatable bonds is 5. The van der Waals surface area contributed by atoms with Gasteiger partial charge < -0.3 is 14.9 Å². The maximum Gasteiger partial charge on any atom is 0.343 e. The number of anilines is 1. The molecule has 1 aliphatic heterocycles. The van der Waals surface area contributed by atoms with Crippen molar-refractivity contribution in [1.82, 2.24) is 10.2 Å². The van der Waals surface area contributed by atoms with Crippen LogP contribution in [0.15, 0.2) is 24.3 Å². The summed E-state index contributed by atoms with van der Waals surface area (Å²) in [6.45, 7) is 6.72. The highest BCUT2D eigenvalue weighted by molar-refractivity contribution is 5.79. The predicted molar refractivity (Wildman–Crippen MR) is 93.2 cm³/mol. The largest absolute Gasteiger partial charge is 0.393 e. The van der Waals surface area contributed by atoms with Crippen LogP contribution in [0.25, 0.3) is 0 Å². The van der Waals surface area contributed by atoms with Gasteiger partial charge in [-0.15, -0.1) is 0 Å². The number of hydrogen-bond acceptors (Lipinski definition) is 3. The van der Waals surface area contributed by atoms with Gasteiger partial charge in [0.1, 0.15) is 0 Å².